The number of nitrogens with zero attached hydrogens (tertiary/aromatic N) is 2. The molecule has 2 aromatic heterocycles. The van der Waals surface area contributed by atoms with Crippen molar-refractivity contribution in [1.82, 2.24) is 20.3 Å². The minimum absolute atomic E-state index is 0.743. The first-order chi connectivity index (χ1) is 7.84. The van der Waals surface area contributed by atoms with Crippen LogP contribution in [0.15, 0.2) is 18.6 Å². The number of halogens is 1. The molecule has 0 aliphatic carbocycles. The van der Waals surface area contributed by atoms with Crippen LogP contribution < -0.4 is 5.32 Å². The van der Waals surface area contributed by atoms with Gasteiger partial charge in [0, 0.05) is 25.4 Å². The molecule has 2 N–H and O–H groups in total. The van der Waals surface area contributed by atoms with Gasteiger partial charge in [-0.1, -0.05) is 11.6 Å². The highest BCUT2D eigenvalue weighted by molar-refractivity contribution is 7.15. The molecule has 6 heteroatoms. The summed E-state index contributed by atoms with van der Waals surface area (Å²) in [7, 11) is 0. The number of hydrogen-bond donors (Lipinski definition) is 2. The summed E-state index contributed by atoms with van der Waals surface area (Å²) in [5.74, 6) is 1.04. The highest BCUT2D eigenvalue weighted by atomic mass is 35.5. The van der Waals surface area contributed by atoms with Gasteiger partial charge >= 0.3 is 0 Å². The SMILES string of the molecule is Clc1cnc(CNCCCc2ncc[nH]2)s1. The molecular weight excluding hydrogens is 244 g/mol. The molecule has 0 atom stereocenters. The summed E-state index contributed by atoms with van der Waals surface area (Å²) in [6, 6.07) is 0. The van der Waals surface area contributed by atoms with E-state index in [1.807, 2.05) is 6.20 Å². The number of rotatable bonds is 6. The molecule has 2 aromatic rings. The molecule has 0 aliphatic heterocycles. The van der Waals surface area contributed by atoms with Crippen molar-refractivity contribution in [2.45, 2.75) is 19.4 Å². The van der Waals surface area contributed by atoms with Crippen molar-refractivity contribution < 1.29 is 0 Å². The molecule has 4 nitrogen and oxygen atoms in total. The summed E-state index contributed by atoms with van der Waals surface area (Å²) < 4.78 is 0.743. The molecule has 0 radical (unpaired) electrons. The van der Waals surface area contributed by atoms with E-state index in [0.717, 1.165) is 41.1 Å². The van der Waals surface area contributed by atoms with E-state index < -0.39 is 0 Å². The highest BCUT2D eigenvalue weighted by Gasteiger charge is 1.99. The molecule has 0 amide bonds. The van der Waals surface area contributed by atoms with Crippen LogP contribution in [0.1, 0.15) is 17.3 Å². The van der Waals surface area contributed by atoms with Gasteiger partial charge in [-0.05, 0) is 13.0 Å². The van der Waals surface area contributed by atoms with E-state index >= 15 is 0 Å². The fraction of sp³-hybridized carbons (Fsp3) is 0.400. The zero-order valence-corrected chi connectivity index (χ0v) is 10.3. The van der Waals surface area contributed by atoms with Crippen LogP contribution in [0.4, 0.5) is 0 Å². The van der Waals surface area contributed by atoms with Crippen LogP contribution in [0, 0.1) is 0 Å². The normalized spacial score (nSPS) is 10.8. The first-order valence-electron chi connectivity index (χ1n) is 5.14. The second-order valence-corrected chi connectivity index (χ2v) is 5.12. The molecule has 0 aromatic carbocycles. The molecular formula is C10H13ClN4S. The van der Waals surface area contributed by atoms with Gasteiger partial charge < -0.3 is 10.3 Å². The topological polar surface area (TPSA) is 53.6 Å². The smallest absolute Gasteiger partial charge is 0.113 e. The Hall–Kier alpha value is -0.910. The third kappa shape index (κ3) is 3.59. The summed E-state index contributed by atoms with van der Waals surface area (Å²) in [6.45, 7) is 1.74. The van der Waals surface area contributed by atoms with Crippen LogP contribution >= 0.6 is 22.9 Å². The standard InChI is InChI=1S/C10H13ClN4S/c11-8-6-15-10(16-8)7-12-3-1-2-9-13-4-5-14-9/h4-6,12H,1-3,7H2,(H,13,14). The maximum Gasteiger partial charge on any atom is 0.113 e. The van der Waals surface area contributed by atoms with Crippen molar-refractivity contribution in [1.29, 1.82) is 0 Å². The molecule has 0 bridgehead atoms. The number of H-pyrrole nitrogens is 1. The summed E-state index contributed by atoms with van der Waals surface area (Å²) in [5, 5.41) is 4.36. The lowest BCUT2D eigenvalue weighted by molar-refractivity contribution is 0.639. The molecule has 2 heterocycles. The minimum Gasteiger partial charge on any atom is -0.349 e. The van der Waals surface area contributed by atoms with Crippen LogP contribution in [0.25, 0.3) is 0 Å². The summed E-state index contributed by atoms with van der Waals surface area (Å²) >= 11 is 7.30. The largest absolute Gasteiger partial charge is 0.349 e. The molecule has 0 fully saturated rings. The Bertz CT molecular complexity index is 412. The van der Waals surface area contributed by atoms with E-state index in [1.54, 1.807) is 12.4 Å². The van der Waals surface area contributed by atoms with Crippen LogP contribution in [0.2, 0.25) is 4.34 Å². The monoisotopic (exact) mass is 256 g/mol. The molecule has 0 aliphatic rings. The average molecular weight is 257 g/mol. The predicted octanol–water partition coefficient (Wildman–Crippen LogP) is 2.24. The van der Waals surface area contributed by atoms with Crippen LogP contribution in [-0.4, -0.2) is 21.5 Å². The summed E-state index contributed by atoms with van der Waals surface area (Å²) in [4.78, 5) is 11.4. The van der Waals surface area contributed by atoms with Crippen LogP contribution in [-0.2, 0) is 13.0 Å². The molecule has 0 spiro atoms. The van der Waals surface area contributed by atoms with Crippen molar-refractivity contribution >= 4 is 22.9 Å². The molecule has 0 saturated heterocycles. The van der Waals surface area contributed by atoms with Crippen LogP contribution in [0.5, 0.6) is 0 Å². The quantitative estimate of drug-likeness (QED) is 0.780. The van der Waals surface area contributed by atoms with Gasteiger partial charge in [0.05, 0.1) is 6.20 Å². The Morgan fingerprint density at radius 1 is 1.44 bits per heavy atom. The van der Waals surface area contributed by atoms with E-state index in [0.29, 0.717) is 0 Å². The molecule has 0 saturated carbocycles. The first kappa shape index (κ1) is 11.6. The molecule has 2 rings (SSSR count). The second-order valence-electron chi connectivity index (χ2n) is 3.37. The summed E-state index contributed by atoms with van der Waals surface area (Å²) in [5.41, 5.74) is 0. The van der Waals surface area contributed by atoms with Crippen molar-refractivity contribution in [2.75, 3.05) is 6.54 Å². The number of aromatic nitrogens is 3. The Kier molecular flexibility index (Phi) is 4.33. The third-order valence-corrected chi connectivity index (χ3v) is 3.24. The van der Waals surface area contributed by atoms with Gasteiger partial charge in [0.15, 0.2) is 0 Å². The van der Waals surface area contributed by atoms with E-state index in [1.165, 1.54) is 11.3 Å². The number of aryl methyl sites for hydroxylation is 1. The Balaban J connectivity index is 1.59. The predicted molar refractivity (Wildman–Crippen MR) is 65.7 cm³/mol. The number of hydrogen-bond acceptors (Lipinski definition) is 4. The average Bonchev–Trinajstić information content (AvgIpc) is 2.89. The first-order valence-corrected chi connectivity index (χ1v) is 6.33. The van der Waals surface area contributed by atoms with Crippen LogP contribution in [0.3, 0.4) is 0 Å². The number of nitrogens with one attached hydrogen (secondary N) is 2. The Morgan fingerprint density at radius 3 is 3.06 bits per heavy atom. The van der Waals surface area contributed by atoms with Crippen molar-refractivity contribution in [3.8, 4) is 0 Å². The molecule has 16 heavy (non-hydrogen) atoms. The van der Waals surface area contributed by atoms with E-state index in [-0.39, 0.29) is 0 Å². The lowest BCUT2D eigenvalue weighted by Gasteiger charge is -2.00. The maximum atomic E-state index is 5.78. The number of imidazole rings is 1. The van der Waals surface area contributed by atoms with Gasteiger partial charge in [-0.2, -0.15) is 0 Å². The third-order valence-electron chi connectivity index (χ3n) is 2.12. The second kappa shape index (κ2) is 5.98. The van der Waals surface area contributed by atoms with Crippen molar-refractivity contribution in [3.05, 3.63) is 33.8 Å². The van der Waals surface area contributed by atoms with Crippen molar-refractivity contribution in [2.24, 2.45) is 0 Å². The fourth-order valence-electron chi connectivity index (χ4n) is 1.38. The van der Waals surface area contributed by atoms with E-state index in [9.17, 15) is 0 Å². The Labute approximate surface area is 103 Å². The zero-order chi connectivity index (χ0) is 11.2. The fourth-order valence-corrected chi connectivity index (χ4v) is 2.31. The van der Waals surface area contributed by atoms with Gasteiger partial charge in [-0.15, -0.1) is 11.3 Å². The Morgan fingerprint density at radius 2 is 2.38 bits per heavy atom. The minimum atomic E-state index is 0.743. The number of aromatic amines is 1. The van der Waals surface area contributed by atoms with Crippen molar-refractivity contribution in [3.63, 3.8) is 0 Å². The molecule has 86 valence electrons. The lowest BCUT2D eigenvalue weighted by Crippen LogP contribution is -2.15. The van der Waals surface area contributed by atoms with E-state index in [2.05, 4.69) is 20.3 Å². The zero-order valence-electron chi connectivity index (χ0n) is 8.74. The maximum absolute atomic E-state index is 5.78. The van der Waals surface area contributed by atoms with E-state index in [4.69, 9.17) is 11.6 Å². The van der Waals surface area contributed by atoms with Gasteiger partial charge in [0.2, 0.25) is 0 Å². The van der Waals surface area contributed by atoms with Gasteiger partial charge in [-0.25, -0.2) is 9.97 Å². The van der Waals surface area contributed by atoms with Gasteiger partial charge in [0.25, 0.3) is 0 Å². The highest BCUT2D eigenvalue weighted by Crippen LogP contribution is 2.17. The van der Waals surface area contributed by atoms with Gasteiger partial charge in [-0.3, -0.25) is 0 Å². The summed E-state index contributed by atoms with van der Waals surface area (Å²) in [6.07, 6.45) is 7.35. The lowest BCUT2D eigenvalue weighted by atomic mass is 10.3. The molecule has 0 unspecified atom stereocenters. The number of thiazole rings is 1. The van der Waals surface area contributed by atoms with Gasteiger partial charge in [0.1, 0.15) is 15.2 Å².